The molecule has 0 aromatic rings. The van der Waals surface area contributed by atoms with Crippen molar-refractivity contribution in [2.24, 2.45) is 17.3 Å². The second-order valence-corrected chi connectivity index (χ2v) is 6.05. The molecule has 1 radical (unpaired) electrons. The molecule has 0 aliphatic rings. The topological polar surface area (TPSA) is 0 Å². The zero-order valence-corrected chi connectivity index (χ0v) is 10.6. The second-order valence-electron chi connectivity index (χ2n) is 6.05. The summed E-state index contributed by atoms with van der Waals surface area (Å²) in [6.45, 7) is 16.3. The van der Waals surface area contributed by atoms with Gasteiger partial charge in [0.05, 0.1) is 0 Å². The molecule has 0 aliphatic heterocycles. The third kappa shape index (κ3) is 6.12. The SMILES string of the molecule is CC(C)C[C](CC(C)C)C(C)(C)C. The molecular weight excluding hydrogens is 156 g/mol. The second kappa shape index (κ2) is 5.02. The monoisotopic (exact) mass is 183 g/mol. The summed E-state index contributed by atoms with van der Waals surface area (Å²) in [6.07, 6.45) is 2.59. The quantitative estimate of drug-likeness (QED) is 0.592. The maximum atomic E-state index is 2.34. The van der Waals surface area contributed by atoms with Gasteiger partial charge in [-0.05, 0) is 36.0 Å². The van der Waals surface area contributed by atoms with Gasteiger partial charge in [0.15, 0.2) is 0 Å². The molecule has 0 spiro atoms. The van der Waals surface area contributed by atoms with Gasteiger partial charge in [-0.2, -0.15) is 0 Å². The molecule has 79 valence electrons. The third-order valence-corrected chi connectivity index (χ3v) is 2.37. The Bertz CT molecular complexity index is 115. The van der Waals surface area contributed by atoms with E-state index in [0.717, 1.165) is 11.8 Å². The average Bonchev–Trinajstić information content (AvgIpc) is 1.81. The van der Waals surface area contributed by atoms with Gasteiger partial charge in [0.2, 0.25) is 0 Å². The van der Waals surface area contributed by atoms with Crippen molar-refractivity contribution in [3.63, 3.8) is 0 Å². The molecule has 0 nitrogen and oxygen atoms in total. The van der Waals surface area contributed by atoms with Crippen LogP contribution in [0.1, 0.15) is 61.3 Å². The number of rotatable bonds is 4. The molecule has 0 bridgehead atoms. The van der Waals surface area contributed by atoms with E-state index in [1.165, 1.54) is 12.8 Å². The van der Waals surface area contributed by atoms with Crippen LogP contribution in [0.2, 0.25) is 0 Å². The maximum absolute atomic E-state index is 2.34. The maximum Gasteiger partial charge on any atom is -0.0182 e. The minimum atomic E-state index is 0.397. The van der Waals surface area contributed by atoms with Gasteiger partial charge in [0.1, 0.15) is 0 Å². The van der Waals surface area contributed by atoms with Crippen LogP contribution in [0.5, 0.6) is 0 Å². The van der Waals surface area contributed by atoms with Crippen LogP contribution in [-0.4, -0.2) is 0 Å². The standard InChI is InChI=1S/C13H27/c1-10(2)8-12(9-11(3)4)13(5,6)7/h10-11H,8-9H2,1-7H3. The Labute approximate surface area is 85.1 Å². The molecule has 0 amide bonds. The van der Waals surface area contributed by atoms with Crippen LogP contribution in [0, 0.1) is 23.2 Å². The van der Waals surface area contributed by atoms with Crippen molar-refractivity contribution < 1.29 is 0 Å². The lowest BCUT2D eigenvalue weighted by Gasteiger charge is -2.32. The smallest absolute Gasteiger partial charge is 0.0182 e. The Kier molecular flexibility index (Phi) is 5.02. The highest BCUT2D eigenvalue weighted by Gasteiger charge is 2.26. The van der Waals surface area contributed by atoms with Gasteiger partial charge in [0.25, 0.3) is 0 Å². The predicted octanol–water partition coefficient (Wildman–Crippen LogP) is 4.70. The highest BCUT2D eigenvalue weighted by Crippen LogP contribution is 2.37. The third-order valence-electron chi connectivity index (χ3n) is 2.37. The van der Waals surface area contributed by atoms with Crippen molar-refractivity contribution in [3.8, 4) is 0 Å². The van der Waals surface area contributed by atoms with Gasteiger partial charge in [-0.25, -0.2) is 0 Å². The van der Waals surface area contributed by atoms with E-state index < -0.39 is 0 Å². The number of hydrogen-bond donors (Lipinski definition) is 0. The first-order chi connectivity index (χ1) is 5.73. The summed E-state index contributed by atoms with van der Waals surface area (Å²) in [7, 11) is 0. The molecule has 0 aliphatic carbocycles. The minimum absolute atomic E-state index is 0.397. The van der Waals surface area contributed by atoms with E-state index in [0.29, 0.717) is 5.41 Å². The van der Waals surface area contributed by atoms with Crippen LogP contribution in [0.4, 0.5) is 0 Å². The van der Waals surface area contributed by atoms with E-state index in [1.807, 2.05) is 0 Å². The Morgan fingerprint density at radius 2 is 1.15 bits per heavy atom. The summed E-state index contributed by atoms with van der Waals surface area (Å²) in [6, 6.07) is 0. The summed E-state index contributed by atoms with van der Waals surface area (Å²) in [4.78, 5) is 0. The van der Waals surface area contributed by atoms with E-state index >= 15 is 0 Å². The first kappa shape index (κ1) is 13.0. The lowest BCUT2D eigenvalue weighted by molar-refractivity contribution is 0.335. The van der Waals surface area contributed by atoms with Gasteiger partial charge in [-0.1, -0.05) is 48.5 Å². The summed E-state index contributed by atoms with van der Waals surface area (Å²) >= 11 is 0. The largest absolute Gasteiger partial charge is 0.0628 e. The van der Waals surface area contributed by atoms with Gasteiger partial charge in [-0.15, -0.1) is 0 Å². The molecule has 0 N–H and O–H groups in total. The predicted molar refractivity (Wildman–Crippen MR) is 61.6 cm³/mol. The van der Waals surface area contributed by atoms with Crippen LogP contribution in [0.15, 0.2) is 0 Å². The van der Waals surface area contributed by atoms with Gasteiger partial charge < -0.3 is 0 Å². The molecule has 0 aromatic carbocycles. The molecule has 0 aromatic heterocycles. The van der Waals surface area contributed by atoms with Crippen LogP contribution < -0.4 is 0 Å². The van der Waals surface area contributed by atoms with E-state index in [-0.39, 0.29) is 0 Å². The highest BCUT2D eigenvalue weighted by atomic mass is 14.3. The van der Waals surface area contributed by atoms with Crippen molar-refractivity contribution in [3.05, 3.63) is 5.92 Å². The summed E-state index contributed by atoms with van der Waals surface area (Å²) in [5.41, 5.74) is 0.397. The average molecular weight is 183 g/mol. The molecule has 0 heteroatoms. The Hall–Kier alpha value is 0. The highest BCUT2D eigenvalue weighted by molar-refractivity contribution is 5.01. The summed E-state index contributed by atoms with van der Waals surface area (Å²) < 4.78 is 0. The van der Waals surface area contributed by atoms with E-state index in [9.17, 15) is 0 Å². The zero-order chi connectivity index (χ0) is 10.6. The first-order valence-electron chi connectivity index (χ1n) is 5.58. The van der Waals surface area contributed by atoms with Crippen molar-refractivity contribution in [1.82, 2.24) is 0 Å². The van der Waals surface area contributed by atoms with Crippen molar-refractivity contribution in [2.45, 2.75) is 61.3 Å². The normalized spacial score (nSPS) is 13.4. The molecule has 0 saturated carbocycles. The first-order valence-corrected chi connectivity index (χ1v) is 5.58. The fraction of sp³-hybridized carbons (Fsp3) is 0.923. The fourth-order valence-electron chi connectivity index (χ4n) is 1.68. The van der Waals surface area contributed by atoms with Gasteiger partial charge >= 0.3 is 0 Å². The van der Waals surface area contributed by atoms with Crippen LogP contribution in [0.25, 0.3) is 0 Å². The van der Waals surface area contributed by atoms with Crippen molar-refractivity contribution >= 4 is 0 Å². The van der Waals surface area contributed by atoms with Crippen molar-refractivity contribution in [2.75, 3.05) is 0 Å². The Morgan fingerprint density at radius 3 is 1.31 bits per heavy atom. The Morgan fingerprint density at radius 1 is 0.846 bits per heavy atom. The molecule has 0 saturated heterocycles. The van der Waals surface area contributed by atoms with Gasteiger partial charge in [-0.3, -0.25) is 0 Å². The van der Waals surface area contributed by atoms with Gasteiger partial charge in [0, 0.05) is 0 Å². The van der Waals surface area contributed by atoms with E-state index in [4.69, 9.17) is 0 Å². The van der Waals surface area contributed by atoms with Crippen molar-refractivity contribution in [1.29, 1.82) is 0 Å². The summed E-state index contributed by atoms with van der Waals surface area (Å²) in [5.74, 6) is 3.33. The Balaban J connectivity index is 4.20. The minimum Gasteiger partial charge on any atom is -0.0628 e. The molecule has 0 atom stereocenters. The lowest BCUT2D eigenvalue weighted by atomic mass is 9.72. The zero-order valence-electron chi connectivity index (χ0n) is 10.6. The molecule has 13 heavy (non-hydrogen) atoms. The summed E-state index contributed by atoms with van der Waals surface area (Å²) in [5, 5.41) is 0. The van der Waals surface area contributed by atoms with E-state index in [1.54, 1.807) is 5.92 Å². The molecule has 0 heterocycles. The molecule has 0 rings (SSSR count). The van der Waals surface area contributed by atoms with E-state index in [2.05, 4.69) is 48.5 Å². The molecule has 0 fully saturated rings. The van der Waals surface area contributed by atoms with Crippen LogP contribution >= 0.6 is 0 Å². The molecular formula is C13H27. The molecule has 0 unspecified atom stereocenters. The van der Waals surface area contributed by atoms with Crippen LogP contribution in [0.3, 0.4) is 0 Å². The lowest BCUT2D eigenvalue weighted by Crippen LogP contribution is -2.21. The van der Waals surface area contributed by atoms with Crippen LogP contribution in [-0.2, 0) is 0 Å². The fourth-order valence-corrected chi connectivity index (χ4v) is 1.68. The number of hydrogen-bond acceptors (Lipinski definition) is 0.